The number of carbonyl (C=O) groups excluding carboxylic acids is 1. The van der Waals surface area contributed by atoms with Gasteiger partial charge in [-0.1, -0.05) is 13.8 Å². The van der Waals surface area contributed by atoms with Crippen LogP contribution in [0.25, 0.3) is 11.6 Å². The van der Waals surface area contributed by atoms with Gasteiger partial charge < -0.3 is 9.15 Å². The van der Waals surface area contributed by atoms with Gasteiger partial charge >= 0.3 is 5.97 Å². The largest absolute Gasteiger partial charge is 0.460 e. The van der Waals surface area contributed by atoms with Crippen molar-refractivity contribution in [2.24, 2.45) is 0 Å². The minimum Gasteiger partial charge on any atom is -0.460 e. The van der Waals surface area contributed by atoms with Crippen LogP contribution in [-0.2, 0) is 11.3 Å². The lowest BCUT2D eigenvalue weighted by molar-refractivity contribution is 0.0488. The standard InChI is InChI=1S/C15H21N3O3/c1-6-18-11(8-10(5)17-18)14-16-12(9(3)4)13(21-14)15(19)20-7-2/h8-9H,6-7H2,1-5H3. The lowest BCUT2D eigenvalue weighted by atomic mass is 10.1. The predicted molar refractivity (Wildman–Crippen MR) is 78.2 cm³/mol. The second-order valence-electron chi connectivity index (χ2n) is 5.10. The van der Waals surface area contributed by atoms with Crippen LogP contribution in [0.1, 0.15) is 55.6 Å². The first-order valence-electron chi connectivity index (χ1n) is 7.20. The van der Waals surface area contributed by atoms with Gasteiger partial charge in [-0.05, 0) is 32.8 Å². The van der Waals surface area contributed by atoms with E-state index < -0.39 is 5.97 Å². The van der Waals surface area contributed by atoms with Crippen LogP contribution in [0.2, 0.25) is 0 Å². The molecule has 2 aromatic rings. The number of carbonyl (C=O) groups is 1. The summed E-state index contributed by atoms with van der Waals surface area (Å²) in [5.41, 5.74) is 2.27. The third-order valence-electron chi connectivity index (χ3n) is 3.08. The minimum atomic E-state index is -0.473. The van der Waals surface area contributed by atoms with E-state index in [2.05, 4.69) is 10.1 Å². The topological polar surface area (TPSA) is 70.2 Å². The molecule has 2 heterocycles. The van der Waals surface area contributed by atoms with E-state index >= 15 is 0 Å². The van der Waals surface area contributed by atoms with E-state index in [0.717, 1.165) is 11.4 Å². The van der Waals surface area contributed by atoms with E-state index in [9.17, 15) is 4.79 Å². The summed E-state index contributed by atoms with van der Waals surface area (Å²) < 4.78 is 12.5. The van der Waals surface area contributed by atoms with Crippen LogP contribution < -0.4 is 0 Å². The Morgan fingerprint density at radius 2 is 2.14 bits per heavy atom. The molecule has 0 aliphatic carbocycles. The molecule has 0 aliphatic rings. The molecular weight excluding hydrogens is 270 g/mol. The fourth-order valence-corrected chi connectivity index (χ4v) is 2.13. The normalized spacial score (nSPS) is 11.1. The zero-order valence-electron chi connectivity index (χ0n) is 13.1. The predicted octanol–water partition coefficient (Wildman–Crippen LogP) is 3.17. The SMILES string of the molecule is CCOC(=O)c1oc(-c2cc(C)nn2CC)nc1C(C)C. The Morgan fingerprint density at radius 3 is 2.71 bits per heavy atom. The first-order chi connectivity index (χ1) is 9.97. The molecule has 2 aromatic heterocycles. The Morgan fingerprint density at radius 1 is 1.43 bits per heavy atom. The van der Waals surface area contributed by atoms with Gasteiger partial charge in [0.25, 0.3) is 0 Å². The summed E-state index contributed by atoms with van der Waals surface area (Å²) in [6, 6.07) is 1.90. The van der Waals surface area contributed by atoms with Crippen LogP contribution in [0.15, 0.2) is 10.5 Å². The number of ether oxygens (including phenoxy) is 1. The average molecular weight is 291 g/mol. The highest BCUT2D eigenvalue weighted by atomic mass is 16.5. The Kier molecular flexibility index (Phi) is 4.45. The van der Waals surface area contributed by atoms with Gasteiger partial charge in [0.15, 0.2) is 0 Å². The quantitative estimate of drug-likeness (QED) is 0.791. The first-order valence-corrected chi connectivity index (χ1v) is 7.20. The van der Waals surface area contributed by atoms with Crippen molar-refractivity contribution in [1.29, 1.82) is 0 Å². The summed E-state index contributed by atoms with van der Waals surface area (Å²) in [6.45, 7) is 10.6. The summed E-state index contributed by atoms with van der Waals surface area (Å²) in [5, 5.41) is 4.37. The number of hydrogen-bond donors (Lipinski definition) is 0. The smallest absolute Gasteiger partial charge is 0.376 e. The molecule has 0 atom stereocenters. The maximum atomic E-state index is 12.0. The Hall–Kier alpha value is -2.11. The molecule has 6 heteroatoms. The lowest BCUT2D eigenvalue weighted by Gasteiger charge is -2.02. The molecule has 114 valence electrons. The molecular formula is C15H21N3O3. The summed E-state index contributed by atoms with van der Waals surface area (Å²) in [7, 11) is 0. The maximum absolute atomic E-state index is 12.0. The number of aryl methyl sites for hydroxylation is 2. The molecule has 6 nitrogen and oxygen atoms in total. The van der Waals surface area contributed by atoms with Crippen LogP contribution in [0, 0.1) is 6.92 Å². The molecule has 0 spiro atoms. The van der Waals surface area contributed by atoms with E-state index in [1.165, 1.54) is 0 Å². The van der Waals surface area contributed by atoms with Gasteiger partial charge in [-0.3, -0.25) is 4.68 Å². The zero-order valence-corrected chi connectivity index (χ0v) is 13.1. The molecule has 0 radical (unpaired) electrons. The maximum Gasteiger partial charge on any atom is 0.376 e. The monoisotopic (exact) mass is 291 g/mol. The van der Waals surface area contributed by atoms with E-state index in [1.54, 1.807) is 11.6 Å². The average Bonchev–Trinajstić information content (AvgIpc) is 3.02. The summed E-state index contributed by atoms with van der Waals surface area (Å²) in [6.07, 6.45) is 0. The highest BCUT2D eigenvalue weighted by Gasteiger charge is 2.25. The Bertz CT molecular complexity index is 641. The number of esters is 1. The van der Waals surface area contributed by atoms with Crippen LogP contribution in [0.3, 0.4) is 0 Å². The second-order valence-corrected chi connectivity index (χ2v) is 5.10. The van der Waals surface area contributed by atoms with Gasteiger partial charge in [0.05, 0.1) is 18.0 Å². The van der Waals surface area contributed by atoms with Crippen molar-refractivity contribution < 1.29 is 13.9 Å². The Labute approximate surface area is 124 Å². The summed E-state index contributed by atoms with van der Waals surface area (Å²) in [4.78, 5) is 16.5. The molecule has 0 aromatic carbocycles. The first kappa shape index (κ1) is 15.3. The number of oxazole rings is 1. The highest BCUT2D eigenvalue weighted by molar-refractivity contribution is 5.88. The molecule has 0 saturated carbocycles. The van der Waals surface area contributed by atoms with Gasteiger partial charge in [0.1, 0.15) is 5.69 Å². The fraction of sp³-hybridized carbons (Fsp3) is 0.533. The number of rotatable bonds is 5. The fourth-order valence-electron chi connectivity index (χ4n) is 2.13. The van der Waals surface area contributed by atoms with Crippen molar-refractivity contribution in [3.8, 4) is 11.6 Å². The summed E-state index contributed by atoms with van der Waals surface area (Å²) >= 11 is 0. The van der Waals surface area contributed by atoms with Crippen LogP contribution in [0.5, 0.6) is 0 Å². The van der Waals surface area contributed by atoms with E-state index in [-0.39, 0.29) is 11.7 Å². The van der Waals surface area contributed by atoms with Crippen molar-refractivity contribution in [3.05, 3.63) is 23.2 Å². The molecule has 0 unspecified atom stereocenters. The van der Waals surface area contributed by atoms with Gasteiger partial charge in [-0.25, -0.2) is 9.78 Å². The highest BCUT2D eigenvalue weighted by Crippen LogP contribution is 2.27. The van der Waals surface area contributed by atoms with E-state index in [0.29, 0.717) is 24.7 Å². The molecule has 0 amide bonds. The second kappa shape index (κ2) is 6.11. The minimum absolute atomic E-state index is 0.0704. The molecule has 0 saturated heterocycles. The van der Waals surface area contributed by atoms with Crippen LogP contribution in [-0.4, -0.2) is 27.3 Å². The molecule has 0 fully saturated rings. The van der Waals surface area contributed by atoms with E-state index in [1.807, 2.05) is 33.8 Å². The molecule has 0 bridgehead atoms. The molecule has 0 aliphatic heterocycles. The number of hydrogen-bond acceptors (Lipinski definition) is 5. The van der Waals surface area contributed by atoms with Crippen LogP contribution >= 0.6 is 0 Å². The third-order valence-corrected chi connectivity index (χ3v) is 3.08. The van der Waals surface area contributed by atoms with Crippen molar-refractivity contribution >= 4 is 5.97 Å². The summed E-state index contributed by atoms with van der Waals surface area (Å²) in [5.74, 6) is 0.188. The van der Waals surface area contributed by atoms with Gasteiger partial charge in [-0.15, -0.1) is 0 Å². The molecule has 0 N–H and O–H groups in total. The molecule has 21 heavy (non-hydrogen) atoms. The van der Waals surface area contributed by atoms with E-state index in [4.69, 9.17) is 9.15 Å². The third kappa shape index (κ3) is 2.99. The molecule has 2 rings (SSSR count). The van der Waals surface area contributed by atoms with Crippen molar-refractivity contribution in [2.75, 3.05) is 6.61 Å². The van der Waals surface area contributed by atoms with Crippen molar-refractivity contribution in [2.45, 2.75) is 47.1 Å². The van der Waals surface area contributed by atoms with Gasteiger partial charge in [-0.2, -0.15) is 5.10 Å². The van der Waals surface area contributed by atoms with Crippen LogP contribution in [0.4, 0.5) is 0 Å². The lowest BCUT2D eigenvalue weighted by Crippen LogP contribution is -2.07. The zero-order chi connectivity index (χ0) is 15.6. The number of aromatic nitrogens is 3. The van der Waals surface area contributed by atoms with Crippen molar-refractivity contribution in [1.82, 2.24) is 14.8 Å². The van der Waals surface area contributed by atoms with Gasteiger partial charge in [0, 0.05) is 6.54 Å². The Balaban J connectivity index is 2.50. The number of nitrogens with zero attached hydrogens (tertiary/aromatic N) is 3. The van der Waals surface area contributed by atoms with Crippen molar-refractivity contribution in [3.63, 3.8) is 0 Å². The van der Waals surface area contributed by atoms with Gasteiger partial charge in [0.2, 0.25) is 11.7 Å².